The van der Waals surface area contributed by atoms with Crippen LogP contribution in [-0.4, -0.2) is 41.9 Å². The van der Waals surface area contributed by atoms with Crippen LogP contribution in [0.15, 0.2) is 72.8 Å². The Balaban J connectivity index is 1.44. The fourth-order valence-corrected chi connectivity index (χ4v) is 4.33. The van der Waals surface area contributed by atoms with E-state index in [-0.39, 0.29) is 6.04 Å². The summed E-state index contributed by atoms with van der Waals surface area (Å²) in [6, 6.07) is 21.7. The number of rotatable bonds is 5. The smallest absolute Gasteiger partial charge is 0.223 e. The van der Waals surface area contributed by atoms with Gasteiger partial charge in [-0.15, -0.1) is 0 Å². The minimum atomic E-state index is 0.252. The molecule has 1 saturated heterocycles. The van der Waals surface area contributed by atoms with Gasteiger partial charge >= 0.3 is 0 Å². The summed E-state index contributed by atoms with van der Waals surface area (Å²) in [6.45, 7) is 3.48. The van der Waals surface area contributed by atoms with Crippen molar-refractivity contribution in [3.05, 3.63) is 83.9 Å². The molecule has 27 heavy (non-hydrogen) atoms. The quantitative estimate of drug-likeness (QED) is 0.743. The molecule has 2 aromatic rings. The van der Waals surface area contributed by atoms with Gasteiger partial charge in [-0.2, -0.15) is 0 Å². The number of hydrogen-bond donors (Lipinski definition) is 0. The van der Waals surface area contributed by atoms with Gasteiger partial charge in [-0.1, -0.05) is 72.8 Å². The molecule has 0 aromatic heterocycles. The number of hydrogen-bond acceptors (Lipinski definition) is 2. The van der Waals surface area contributed by atoms with Crippen molar-refractivity contribution in [3.8, 4) is 0 Å². The first-order valence-corrected chi connectivity index (χ1v) is 10.1. The molecule has 1 aliphatic heterocycles. The Morgan fingerprint density at radius 2 is 1.48 bits per heavy atom. The first-order chi connectivity index (χ1) is 13.3. The highest BCUT2D eigenvalue weighted by Gasteiger charge is 2.28. The normalized spacial score (nSPS) is 20.3. The molecule has 140 valence electrons. The molecule has 0 N–H and O–H groups in total. The number of amides is 1. The van der Waals surface area contributed by atoms with Crippen LogP contribution in [0.4, 0.5) is 0 Å². The average molecular weight is 361 g/mol. The lowest BCUT2D eigenvalue weighted by molar-refractivity contribution is -0.133. The van der Waals surface area contributed by atoms with Crippen molar-refractivity contribution in [3.63, 3.8) is 0 Å². The second-order valence-electron chi connectivity index (χ2n) is 7.61. The number of nitrogens with zero attached hydrogens (tertiary/aromatic N) is 2. The Bertz CT molecular complexity index is 724. The van der Waals surface area contributed by atoms with Crippen molar-refractivity contribution in [1.82, 2.24) is 9.80 Å². The maximum Gasteiger partial charge on any atom is 0.223 e. The Hall–Kier alpha value is -2.39. The molecule has 1 fully saturated rings. The molecule has 1 aliphatic carbocycles. The third-order valence-corrected chi connectivity index (χ3v) is 5.81. The van der Waals surface area contributed by atoms with Crippen LogP contribution in [0.1, 0.15) is 36.4 Å². The zero-order valence-corrected chi connectivity index (χ0v) is 15.8. The van der Waals surface area contributed by atoms with E-state index in [1.54, 1.807) is 0 Å². The van der Waals surface area contributed by atoms with Gasteiger partial charge in [0.05, 0.1) is 6.04 Å². The van der Waals surface area contributed by atoms with Crippen molar-refractivity contribution >= 4 is 5.91 Å². The van der Waals surface area contributed by atoms with Gasteiger partial charge in [-0.25, -0.2) is 0 Å². The number of carbonyl (C=O) groups is 1. The zero-order valence-electron chi connectivity index (χ0n) is 15.8. The summed E-state index contributed by atoms with van der Waals surface area (Å²) in [4.78, 5) is 17.2. The summed E-state index contributed by atoms with van der Waals surface area (Å²) in [5, 5.41) is 0. The second-order valence-corrected chi connectivity index (χ2v) is 7.61. The first-order valence-electron chi connectivity index (χ1n) is 10.1. The van der Waals surface area contributed by atoms with Crippen LogP contribution in [0.25, 0.3) is 0 Å². The first kappa shape index (κ1) is 18.0. The van der Waals surface area contributed by atoms with Gasteiger partial charge in [-0.05, 0) is 29.9 Å². The Morgan fingerprint density at radius 3 is 2.00 bits per heavy atom. The molecule has 1 heterocycles. The van der Waals surface area contributed by atoms with Crippen molar-refractivity contribution in [2.24, 2.45) is 5.92 Å². The molecule has 3 heteroatoms. The maximum absolute atomic E-state index is 12.6. The molecule has 2 aliphatic rings. The molecule has 0 spiro atoms. The second kappa shape index (κ2) is 8.53. The van der Waals surface area contributed by atoms with E-state index in [0.717, 1.165) is 39.0 Å². The van der Waals surface area contributed by atoms with Crippen molar-refractivity contribution < 1.29 is 4.79 Å². The highest BCUT2D eigenvalue weighted by atomic mass is 16.2. The largest absolute Gasteiger partial charge is 0.340 e. The third-order valence-electron chi connectivity index (χ3n) is 5.81. The van der Waals surface area contributed by atoms with E-state index >= 15 is 0 Å². The van der Waals surface area contributed by atoms with Crippen molar-refractivity contribution in [2.45, 2.75) is 25.3 Å². The van der Waals surface area contributed by atoms with E-state index in [1.165, 1.54) is 11.1 Å². The van der Waals surface area contributed by atoms with E-state index in [1.807, 2.05) is 0 Å². The lowest BCUT2D eigenvalue weighted by Gasteiger charge is -2.40. The number of allylic oxidation sites excluding steroid dienone is 2. The minimum absolute atomic E-state index is 0.252. The Morgan fingerprint density at radius 1 is 0.889 bits per heavy atom. The van der Waals surface area contributed by atoms with E-state index in [4.69, 9.17) is 0 Å². The van der Waals surface area contributed by atoms with Crippen LogP contribution < -0.4 is 0 Å². The fraction of sp³-hybridized carbons (Fsp3) is 0.375. The Labute approximate surface area is 162 Å². The highest BCUT2D eigenvalue weighted by Crippen LogP contribution is 2.30. The molecule has 2 aromatic carbocycles. The highest BCUT2D eigenvalue weighted by molar-refractivity contribution is 5.76. The van der Waals surface area contributed by atoms with Gasteiger partial charge < -0.3 is 4.90 Å². The minimum Gasteiger partial charge on any atom is -0.340 e. The van der Waals surface area contributed by atoms with Crippen molar-refractivity contribution in [2.75, 3.05) is 26.2 Å². The molecule has 0 unspecified atom stereocenters. The van der Waals surface area contributed by atoms with Crippen LogP contribution in [0, 0.1) is 5.92 Å². The molecule has 1 atom stereocenters. The molecule has 0 saturated carbocycles. The summed E-state index contributed by atoms with van der Waals surface area (Å²) in [5.41, 5.74) is 2.64. The molecule has 4 rings (SSSR count). The molecule has 1 amide bonds. The summed E-state index contributed by atoms with van der Waals surface area (Å²) < 4.78 is 0. The predicted molar refractivity (Wildman–Crippen MR) is 109 cm³/mol. The predicted octanol–water partition coefficient (Wildman–Crippen LogP) is 4.28. The van der Waals surface area contributed by atoms with Crippen molar-refractivity contribution in [1.29, 1.82) is 0 Å². The van der Waals surface area contributed by atoms with E-state index in [9.17, 15) is 4.79 Å². The monoisotopic (exact) mass is 360 g/mol. The standard InChI is InChI=1S/C24H28N2O/c27-23(19-20-9-7-8-10-20)25-15-17-26(18-16-25)24(21-11-3-1-4-12-21)22-13-5-2-6-14-22/h1-7,9,11-14,20,24H,8,10,15-19H2/t20-/m1/s1. The number of benzene rings is 2. The van der Waals surface area contributed by atoms with Gasteiger partial charge in [0.2, 0.25) is 5.91 Å². The van der Waals surface area contributed by atoms with Gasteiger partial charge in [0.15, 0.2) is 0 Å². The van der Waals surface area contributed by atoms with Crippen LogP contribution >= 0.6 is 0 Å². The van der Waals surface area contributed by atoms with E-state index < -0.39 is 0 Å². The lowest BCUT2D eigenvalue weighted by Crippen LogP contribution is -2.50. The number of piperazine rings is 1. The third kappa shape index (κ3) is 4.30. The number of carbonyl (C=O) groups excluding carboxylic acids is 1. The summed E-state index contributed by atoms with van der Waals surface area (Å²) in [7, 11) is 0. The van der Waals surface area contributed by atoms with Crippen LogP contribution in [0.3, 0.4) is 0 Å². The molecule has 0 radical (unpaired) electrons. The van der Waals surface area contributed by atoms with Gasteiger partial charge in [0.1, 0.15) is 0 Å². The lowest BCUT2D eigenvalue weighted by atomic mass is 9.96. The van der Waals surface area contributed by atoms with Gasteiger partial charge in [-0.3, -0.25) is 9.69 Å². The van der Waals surface area contributed by atoms with E-state index in [2.05, 4.69) is 82.6 Å². The maximum atomic E-state index is 12.6. The zero-order chi connectivity index (χ0) is 18.5. The summed E-state index contributed by atoms with van der Waals surface area (Å²) in [5.74, 6) is 0.777. The van der Waals surface area contributed by atoms with Crippen LogP contribution in [-0.2, 0) is 4.79 Å². The van der Waals surface area contributed by atoms with Crippen LogP contribution in [0.2, 0.25) is 0 Å². The fourth-order valence-electron chi connectivity index (χ4n) is 4.33. The van der Waals surface area contributed by atoms with Crippen LogP contribution in [0.5, 0.6) is 0 Å². The average Bonchev–Trinajstić information content (AvgIpc) is 3.23. The Kier molecular flexibility index (Phi) is 5.69. The molecular weight excluding hydrogens is 332 g/mol. The molecule has 3 nitrogen and oxygen atoms in total. The SMILES string of the molecule is O=C(C[C@@H]1C=CCC1)N1CCN(C(c2ccccc2)c2ccccc2)CC1. The topological polar surface area (TPSA) is 23.6 Å². The molecule has 0 bridgehead atoms. The van der Waals surface area contributed by atoms with Gasteiger partial charge in [0.25, 0.3) is 0 Å². The summed E-state index contributed by atoms with van der Waals surface area (Å²) in [6.07, 6.45) is 7.36. The van der Waals surface area contributed by atoms with Gasteiger partial charge in [0, 0.05) is 32.6 Å². The molecular formula is C24H28N2O. The summed E-state index contributed by atoms with van der Waals surface area (Å²) >= 11 is 0. The van der Waals surface area contributed by atoms with E-state index in [0.29, 0.717) is 18.2 Å².